The molecule has 0 radical (unpaired) electrons. The van der Waals surface area contributed by atoms with E-state index in [0.717, 1.165) is 28.5 Å². The van der Waals surface area contributed by atoms with Crippen molar-refractivity contribution in [3.8, 4) is 39.3 Å². The lowest BCUT2D eigenvalue weighted by molar-refractivity contribution is 1.03. The van der Waals surface area contributed by atoms with Gasteiger partial charge in [-0.15, -0.1) is 11.3 Å². The van der Waals surface area contributed by atoms with E-state index in [1.807, 2.05) is 35.6 Å². The van der Waals surface area contributed by atoms with Crippen LogP contribution in [0.15, 0.2) is 213 Å². The third-order valence-electron chi connectivity index (χ3n) is 13.5. The van der Waals surface area contributed by atoms with Crippen LogP contribution in [0.1, 0.15) is 22.5 Å². The molecule has 12 aromatic rings. The van der Waals surface area contributed by atoms with Gasteiger partial charge in [-0.1, -0.05) is 135 Å². The topological polar surface area (TPSA) is 14.8 Å². The predicted octanol–water partition coefficient (Wildman–Crippen LogP) is 17.4. The second kappa shape index (κ2) is 15.8. The number of fused-ring (bicyclic) bond motifs is 9. The SMILES string of the molecule is C=C/C=C\c1c(C)c(C)c(/C=C\C=C)n1-c1ccc(-n2c3ccccc3c3cc(-c4ccc5c(c4)c4ccccc4n5-c4ccc(-c5cccc6c5sc5ccccc56)cc4)ccc32)cc1. The van der Waals surface area contributed by atoms with E-state index < -0.39 is 0 Å². The Morgan fingerprint density at radius 1 is 0.394 bits per heavy atom. The van der Waals surface area contributed by atoms with Gasteiger partial charge in [-0.25, -0.2) is 0 Å². The van der Waals surface area contributed by atoms with Gasteiger partial charge in [0.1, 0.15) is 0 Å². The van der Waals surface area contributed by atoms with Crippen LogP contribution in [0.3, 0.4) is 0 Å². The maximum Gasteiger partial charge on any atom is 0.0541 e. The van der Waals surface area contributed by atoms with Gasteiger partial charge in [0, 0.05) is 70.2 Å². The molecule has 0 spiro atoms. The second-order valence-corrected chi connectivity index (χ2v) is 18.1. The van der Waals surface area contributed by atoms with Crippen molar-refractivity contribution in [3.63, 3.8) is 0 Å². The summed E-state index contributed by atoms with van der Waals surface area (Å²) in [5.74, 6) is 0. The van der Waals surface area contributed by atoms with Crippen molar-refractivity contribution in [2.75, 3.05) is 0 Å². The molecule has 0 amide bonds. The maximum atomic E-state index is 3.93. The molecule has 4 aromatic heterocycles. The highest BCUT2D eigenvalue weighted by Gasteiger charge is 2.19. The average Bonchev–Trinajstić information content (AvgIpc) is 4.08. The number of hydrogen-bond donors (Lipinski definition) is 0. The molecule has 0 N–H and O–H groups in total. The Balaban J connectivity index is 0.927. The summed E-state index contributed by atoms with van der Waals surface area (Å²) in [6, 6.07) is 65.0. The zero-order chi connectivity index (χ0) is 44.5. The summed E-state index contributed by atoms with van der Waals surface area (Å²) >= 11 is 1.88. The summed E-state index contributed by atoms with van der Waals surface area (Å²) in [7, 11) is 0. The van der Waals surface area contributed by atoms with E-state index in [-0.39, 0.29) is 0 Å². The predicted molar refractivity (Wildman–Crippen MR) is 286 cm³/mol. The van der Waals surface area contributed by atoms with Crippen LogP contribution in [-0.4, -0.2) is 13.7 Å². The Labute approximate surface area is 388 Å². The third-order valence-corrected chi connectivity index (χ3v) is 14.7. The van der Waals surface area contributed by atoms with Gasteiger partial charge in [-0.3, -0.25) is 0 Å². The van der Waals surface area contributed by atoms with Crippen molar-refractivity contribution in [2.45, 2.75) is 13.8 Å². The number of allylic oxidation sites excluding steroid dienone is 4. The quantitative estimate of drug-likeness (QED) is 0.128. The van der Waals surface area contributed by atoms with Gasteiger partial charge in [-0.2, -0.15) is 0 Å². The fourth-order valence-corrected chi connectivity index (χ4v) is 11.5. The number of rotatable bonds is 9. The van der Waals surface area contributed by atoms with Crippen molar-refractivity contribution < 1.29 is 0 Å². The minimum absolute atomic E-state index is 1.10. The molecule has 0 aliphatic rings. The van der Waals surface area contributed by atoms with Gasteiger partial charge in [0.25, 0.3) is 0 Å². The highest BCUT2D eigenvalue weighted by atomic mass is 32.1. The molecule has 0 fully saturated rings. The monoisotopic (exact) mass is 863 g/mol. The van der Waals surface area contributed by atoms with Crippen LogP contribution in [0.2, 0.25) is 0 Å². The van der Waals surface area contributed by atoms with Crippen LogP contribution in [0.5, 0.6) is 0 Å². The zero-order valence-corrected chi connectivity index (χ0v) is 37.7. The average molecular weight is 864 g/mol. The van der Waals surface area contributed by atoms with Crippen molar-refractivity contribution in [2.24, 2.45) is 0 Å². The van der Waals surface area contributed by atoms with Crippen LogP contribution in [-0.2, 0) is 0 Å². The Hall–Kier alpha value is -8.18. The lowest BCUT2D eigenvalue weighted by atomic mass is 10.0. The minimum atomic E-state index is 1.10. The molecule has 0 bridgehead atoms. The molecule has 0 saturated carbocycles. The Kier molecular flexibility index (Phi) is 9.44. The van der Waals surface area contributed by atoms with Gasteiger partial charge < -0.3 is 13.7 Å². The van der Waals surface area contributed by atoms with E-state index in [1.54, 1.807) is 0 Å². The van der Waals surface area contributed by atoms with E-state index in [9.17, 15) is 0 Å². The summed E-state index contributed by atoms with van der Waals surface area (Å²) in [4.78, 5) is 0. The molecule has 66 heavy (non-hydrogen) atoms. The summed E-state index contributed by atoms with van der Waals surface area (Å²) in [6.45, 7) is 12.2. The van der Waals surface area contributed by atoms with Crippen molar-refractivity contribution >= 4 is 87.3 Å². The van der Waals surface area contributed by atoms with Crippen LogP contribution >= 0.6 is 11.3 Å². The molecule has 0 unspecified atom stereocenters. The van der Waals surface area contributed by atoms with Crippen molar-refractivity contribution in [1.29, 1.82) is 0 Å². The van der Waals surface area contributed by atoms with Crippen molar-refractivity contribution in [1.82, 2.24) is 13.7 Å². The van der Waals surface area contributed by atoms with E-state index >= 15 is 0 Å². The molecule has 3 nitrogen and oxygen atoms in total. The molecule has 4 heteroatoms. The maximum absolute atomic E-state index is 3.93. The molecule has 0 aliphatic carbocycles. The van der Waals surface area contributed by atoms with Gasteiger partial charge in [0.05, 0.1) is 22.1 Å². The molecule has 12 rings (SSSR count). The number of benzene rings is 8. The standard InChI is InChI=1S/C62H45N3S/c1-5-7-21-55-40(3)41(4)56(22-8-6-2)63(55)46-32-34-47(35-33-46)65-58-24-13-10-17-50(58)54-39-44(29-37-60(54)65)43-28-36-59-53(38-43)49-16-9-12-23-57(49)64(59)45-30-26-42(27-31-45)48-19-15-20-52-51-18-11-14-25-61(51)66-62(48)52/h5-39H,1-2H2,3-4H3/b21-7-,22-8-. The first-order valence-corrected chi connectivity index (χ1v) is 23.3. The molecule has 0 saturated heterocycles. The first-order chi connectivity index (χ1) is 32.5. The Morgan fingerprint density at radius 3 is 1.38 bits per heavy atom. The number of nitrogens with zero attached hydrogens (tertiary/aromatic N) is 3. The number of aromatic nitrogens is 3. The summed E-state index contributed by atoms with van der Waals surface area (Å²) in [6.07, 6.45) is 11.9. The molecule has 8 aromatic carbocycles. The van der Waals surface area contributed by atoms with Crippen LogP contribution in [0.25, 0.3) is 115 Å². The smallest absolute Gasteiger partial charge is 0.0541 e. The number of para-hydroxylation sites is 2. The lowest BCUT2D eigenvalue weighted by Gasteiger charge is -2.13. The third kappa shape index (κ3) is 6.18. The molecular weight excluding hydrogens is 819 g/mol. The van der Waals surface area contributed by atoms with E-state index in [0.29, 0.717) is 0 Å². The highest BCUT2D eigenvalue weighted by molar-refractivity contribution is 7.26. The van der Waals surface area contributed by atoms with Gasteiger partial charge >= 0.3 is 0 Å². The fourth-order valence-electron chi connectivity index (χ4n) is 10.2. The number of hydrogen-bond acceptors (Lipinski definition) is 1. The van der Waals surface area contributed by atoms with Crippen molar-refractivity contribution in [3.05, 3.63) is 236 Å². The fraction of sp³-hybridized carbons (Fsp3) is 0.0323. The Bertz CT molecular complexity index is 3930. The molecule has 0 atom stereocenters. The van der Waals surface area contributed by atoms with Crippen LogP contribution in [0.4, 0.5) is 0 Å². The minimum Gasteiger partial charge on any atom is -0.310 e. The molecule has 0 aliphatic heterocycles. The summed E-state index contributed by atoms with van der Waals surface area (Å²) in [5, 5.41) is 7.59. The first-order valence-electron chi connectivity index (χ1n) is 22.5. The second-order valence-electron chi connectivity index (χ2n) is 17.1. The van der Waals surface area contributed by atoms with Gasteiger partial charge in [-0.05, 0) is 138 Å². The molecular formula is C62H45N3S. The van der Waals surface area contributed by atoms with E-state index in [1.165, 1.54) is 97.2 Å². The van der Waals surface area contributed by atoms with E-state index in [2.05, 4.69) is 229 Å². The van der Waals surface area contributed by atoms with Crippen LogP contribution < -0.4 is 0 Å². The first kappa shape index (κ1) is 39.4. The summed E-state index contributed by atoms with van der Waals surface area (Å²) < 4.78 is 9.80. The zero-order valence-electron chi connectivity index (χ0n) is 36.9. The van der Waals surface area contributed by atoms with Crippen LogP contribution in [0, 0.1) is 13.8 Å². The lowest BCUT2D eigenvalue weighted by Crippen LogP contribution is -2.01. The van der Waals surface area contributed by atoms with Gasteiger partial charge in [0.2, 0.25) is 0 Å². The number of thiophene rings is 1. The van der Waals surface area contributed by atoms with E-state index in [4.69, 9.17) is 0 Å². The Morgan fingerprint density at radius 2 is 0.833 bits per heavy atom. The molecule has 314 valence electrons. The van der Waals surface area contributed by atoms with Gasteiger partial charge in [0.15, 0.2) is 0 Å². The summed E-state index contributed by atoms with van der Waals surface area (Å²) in [5.41, 5.74) is 17.8. The normalized spacial score (nSPS) is 12.1. The molecule has 4 heterocycles. The largest absolute Gasteiger partial charge is 0.310 e. The highest BCUT2D eigenvalue weighted by Crippen LogP contribution is 2.42.